The molecule has 0 bridgehead atoms. The van der Waals surface area contributed by atoms with Gasteiger partial charge in [0.25, 0.3) is 0 Å². The van der Waals surface area contributed by atoms with E-state index in [1.165, 1.54) is 19.1 Å². The summed E-state index contributed by atoms with van der Waals surface area (Å²) in [7, 11) is 0. The summed E-state index contributed by atoms with van der Waals surface area (Å²) in [6, 6.07) is 4.43. The molecular formula is C12H13F3O. The van der Waals surface area contributed by atoms with Gasteiger partial charge >= 0.3 is 6.18 Å². The number of alkyl halides is 3. The highest BCUT2D eigenvalue weighted by atomic mass is 19.4. The van der Waals surface area contributed by atoms with Crippen LogP contribution in [0.15, 0.2) is 36.4 Å². The molecule has 0 aliphatic carbocycles. The summed E-state index contributed by atoms with van der Waals surface area (Å²) in [6.45, 7) is 6.72. The van der Waals surface area contributed by atoms with E-state index in [0.29, 0.717) is 11.1 Å². The lowest BCUT2D eigenvalue weighted by Crippen LogP contribution is -2.22. The van der Waals surface area contributed by atoms with Gasteiger partial charge in [0.15, 0.2) is 0 Å². The van der Waals surface area contributed by atoms with Crippen molar-refractivity contribution < 1.29 is 18.3 Å². The van der Waals surface area contributed by atoms with E-state index in [1.807, 2.05) is 0 Å². The molecule has 0 aliphatic heterocycles. The molecule has 0 radical (unpaired) electrons. The summed E-state index contributed by atoms with van der Waals surface area (Å²) in [5, 5.41) is 9.98. The molecule has 88 valence electrons. The minimum Gasteiger partial charge on any atom is -0.381 e. The summed E-state index contributed by atoms with van der Waals surface area (Å²) >= 11 is 0. The van der Waals surface area contributed by atoms with Crippen molar-refractivity contribution in [2.75, 3.05) is 0 Å². The van der Waals surface area contributed by atoms with E-state index in [4.69, 9.17) is 0 Å². The molecule has 0 heterocycles. The fraction of sp³-hybridized carbons (Fsp3) is 0.333. The number of aliphatic hydroxyl groups is 1. The Bertz CT molecular complexity index is 388. The molecule has 1 nitrogen and oxygen atoms in total. The van der Waals surface area contributed by atoms with Crippen molar-refractivity contribution in [1.29, 1.82) is 0 Å². The molecule has 16 heavy (non-hydrogen) atoms. The van der Waals surface area contributed by atoms with E-state index in [1.54, 1.807) is 6.92 Å². The maximum atomic E-state index is 12.3. The van der Waals surface area contributed by atoms with Crippen molar-refractivity contribution in [2.24, 2.45) is 0 Å². The van der Waals surface area contributed by atoms with Crippen molar-refractivity contribution >= 4 is 0 Å². The first-order chi connectivity index (χ1) is 7.15. The van der Waals surface area contributed by atoms with Crippen molar-refractivity contribution in [3.63, 3.8) is 0 Å². The molecule has 1 aromatic rings. The molecule has 1 atom stereocenters. The van der Waals surface area contributed by atoms with Crippen LogP contribution in [0.25, 0.3) is 0 Å². The molecule has 1 N–H and O–H groups in total. The number of hydrogen-bond donors (Lipinski definition) is 1. The SMILES string of the molecule is C=C(C)C(C)(O)c1ccc(C(F)(F)F)cc1. The molecule has 0 spiro atoms. The largest absolute Gasteiger partial charge is 0.416 e. The number of halogens is 3. The van der Waals surface area contributed by atoms with Gasteiger partial charge in [0.05, 0.1) is 5.56 Å². The number of hydrogen-bond acceptors (Lipinski definition) is 1. The quantitative estimate of drug-likeness (QED) is 0.771. The van der Waals surface area contributed by atoms with Crippen LogP contribution < -0.4 is 0 Å². The van der Waals surface area contributed by atoms with Crippen molar-refractivity contribution in [3.8, 4) is 0 Å². The second-order valence-corrected chi connectivity index (χ2v) is 3.93. The van der Waals surface area contributed by atoms with Crippen LogP contribution in [0.1, 0.15) is 25.0 Å². The van der Waals surface area contributed by atoms with Crippen molar-refractivity contribution in [3.05, 3.63) is 47.5 Å². The van der Waals surface area contributed by atoms with E-state index in [-0.39, 0.29) is 0 Å². The van der Waals surface area contributed by atoms with Crippen molar-refractivity contribution in [1.82, 2.24) is 0 Å². The molecule has 0 fully saturated rings. The van der Waals surface area contributed by atoms with Gasteiger partial charge in [-0.05, 0) is 37.1 Å². The van der Waals surface area contributed by atoms with Crippen LogP contribution in [0.5, 0.6) is 0 Å². The van der Waals surface area contributed by atoms with Crippen LogP contribution in [0.4, 0.5) is 13.2 Å². The van der Waals surface area contributed by atoms with Crippen LogP contribution in [-0.2, 0) is 11.8 Å². The third-order valence-electron chi connectivity index (χ3n) is 2.61. The van der Waals surface area contributed by atoms with Gasteiger partial charge in [-0.25, -0.2) is 0 Å². The molecular weight excluding hydrogens is 217 g/mol. The first-order valence-electron chi connectivity index (χ1n) is 4.72. The van der Waals surface area contributed by atoms with Crippen LogP contribution in [-0.4, -0.2) is 5.11 Å². The average Bonchev–Trinajstić information content (AvgIpc) is 2.16. The highest BCUT2D eigenvalue weighted by Crippen LogP contribution is 2.32. The first kappa shape index (κ1) is 12.8. The zero-order valence-electron chi connectivity index (χ0n) is 9.10. The zero-order chi connectivity index (χ0) is 12.6. The predicted octanol–water partition coefficient (Wildman–Crippen LogP) is 3.49. The fourth-order valence-corrected chi connectivity index (χ4v) is 1.23. The standard InChI is InChI=1S/C12H13F3O/c1-8(2)11(3,16)9-4-6-10(7-5-9)12(13,14)15/h4-7,16H,1H2,2-3H3. The van der Waals surface area contributed by atoms with E-state index in [2.05, 4.69) is 6.58 Å². The number of benzene rings is 1. The molecule has 1 unspecified atom stereocenters. The van der Waals surface area contributed by atoms with Gasteiger partial charge in [-0.1, -0.05) is 18.7 Å². The van der Waals surface area contributed by atoms with Crippen LogP contribution >= 0.6 is 0 Å². The molecule has 1 rings (SSSR count). The minimum absolute atomic E-state index is 0.396. The van der Waals surface area contributed by atoms with Gasteiger partial charge in [0.2, 0.25) is 0 Å². The second-order valence-electron chi connectivity index (χ2n) is 3.93. The number of rotatable bonds is 2. The lowest BCUT2D eigenvalue weighted by atomic mass is 9.89. The Kier molecular flexibility index (Phi) is 3.15. The zero-order valence-corrected chi connectivity index (χ0v) is 9.10. The second kappa shape index (κ2) is 3.94. The van der Waals surface area contributed by atoms with Crippen LogP contribution in [0, 0.1) is 0 Å². The summed E-state index contributed by atoms with van der Waals surface area (Å²) in [5.74, 6) is 0. The highest BCUT2D eigenvalue weighted by molar-refractivity contribution is 5.33. The normalized spacial score (nSPS) is 15.6. The van der Waals surface area contributed by atoms with Gasteiger partial charge < -0.3 is 5.11 Å². The van der Waals surface area contributed by atoms with Crippen molar-refractivity contribution in [2.45, 2.75) is 25.6 Å². The summed E-state index contributed by atoms with van der Waals surface area (Å²) < 4.78 is 36.9. The average molecular weight is 230 g/mol. The van der Waals surface area contributed by atoms with E-state index >= 15 is 0 Å². The van der Waals surface area contributed by atoms with Gasteiger partial charge in [-0.15, -0.1) is 0 Å². The predicted molar refractivity (Wildman–Crippen MR) is 55.8 cm³/mol. The smallest absolute Gasteiger partial charge is 0.381 e. The van der Waals surface area contributed by atoms with Crippen LogP contribution in [0.2, 0.25) is 0 Å². The van der Waals surface area contributed by atoms with Crippen LogP contribution in [0.3, 0.4) is 0 Å². The monoisotopic (exact) mass is 230 g/mol. The van der Waals surface area contributed by atoms with Gasteiger partial charge in [0, 0.05) is 0 Å². The Morgan fingerprint density at radius 1 is 1.12 bits per heavy atom. The van der Waals surface area contributed by atoms with Gasteiger partial charge in [-0.2, -0.15) is 13.2 Å². The van der Waals surface area contributed by atoms with E-state index in [9.17, 15) is 18.3 Å². The molecule has 0 aromatic heterocycles. The topological polar surface area (TPSA) is 20.2 Å². The Balaban J connectivity index is 3.09. The molecule has 1 aromatic carbocycles. The Morgan fingerprint density at radius 2 is 1.50 bits per heavy atom. The van der Waals surface area contributed by atoms with E-state index in [0.717, 1.165) is 12.1 Å². The van der Waals surface area contributed by atoms with Gasteiger partial charge in [-0.3, -0.25) is 0 Å². The fourth-order valence-electron chi connectivity index (χ4n) is 1.23. The highest BCUT2D eigenvalue weighted by Gasteiger charge is 2.31. The lowest BCUT2D eigenvalue weighted by Gasteiger charge is -2.24. The third kappa shape index (κ3) is 2.44. The molecule has 0 saturated carbocycles. The van der Waals surface area contributed by atoms with Gasteiger partial charge in [0.1, 0.15) is 5.60 Å². The maximum Gasteiger partial charge on any atom is 0.416 e. The molecule has 0 aliphatic rings. The molecule has 0 saturated heterocycles. The molecule has 0 amide bonds. The Morgan fingerprint density at radius 3 is 1.81 bits per heavy atom. The van der Waals surface area contributed by atoms with E-state index < -0.39 is 17.3 Å². The summed E-state index contributed by atoms with van der Waals surface area (Å²) in [4.78, 5) is 0. The Labute approximate surface area is 92.2 Å². The lowest BCUT2D eigenvalue weighted by molar-refractivity contribution is -0.137. The Hall–Kier alpha value is -1.29. The minimum atomic E-state index is -4.35. The third-order valence-corrected chi connectivity index (χ3v) is 2.61. The maximum absolute atomic E-state index is 12.3. The first-order valence-corrected chi connectivity index (χ1v) is 4.72. The molecule has 4 heteroatoms. The summed E-state index contributed by atoms with van der Waals surface area (Å²) in [5.41, 5.74) is -1.15. The summed E-state index contributed by atoms with van der Waals surface area (Å²) in [6.07, 6.45) is -4.35.